The van der Waals surface area contributed by atoms with Gasteiger partial charge in [0.25, 0.3) is 0 Å². The van der Waals surface area contributed by atoms with E-state index in [0.29, 0.717) is 12.0 Å². The molecule has 1 aliphatic heterocycles. The maximum absolute atomic E-state index is 11.3. The molecule has 0 bridgehead atoms. The Morgan fingerprint density at radius 2 is 1.90 bits per heavy atom. The van der Waals surface area contributed by atoms with Gasteiger partial charge in [-0.1, -0.05) is 57.9 Å². The number of ether oxygens (including phenoxy) is 1. The number of hydrogen-bond acceptors (Lipinski definition) is 3. The summed E-state index contributed by atoms with van der Waals surface area (Å²) in [7, 11) is 0. The zero-order chi connectivity index (χ0) is 14.8. The molecule has 114 valence electrons. The smallest absolute Gasteiger partial charge is 0.310 e. The van der Waals surface area contributed by atoms with E-state index >= 15 is 0 Å². The molecule has 2 unspecified atom stereocenters. The number of carboxylic acids is 1. The lowest BCUT2D eigenvalue weighted by Gasteiger charge is -2.22. The number of aliphatic hydroxyl groups is 1. The number of allylic oxidation sites excluding steroid dienone is 2. The Bertz CT molecular complexity index is 346. The third-order valence-electron chi connectivity index (χ3n) is 3.66. The molecular weight excluding hydrogens is 256 g/mol. The Hall–Kier alpha value is -1.29. The first-order valence-corrected chi connectivity index (χ1v) is 7.59. The third-order valence-corrected chi connectivity index (χ3v) is 3.66. The van der Waals surface area contributed by atoms with E-state index in [0.717, 1.165) is 19.3 Å². The van der Waals surface area contributed by atoms with Crippen LogP contribution in [-0.2, 0) is 9.53 Å². The molecule has 0 saturated heterocycles. The van der Waals surface area contributed by atoms with Gasteiger partial charge < -0.3 is 14.9 Å². The second-order valence-corrected chi connectivity index (χ2v) is 5.28. The Balaban J connectivity index is 2.31. The lowest BCUT2D eigenvalue weighted by molar-refractivity contribution is -0.142. The highest BCUT2D eigenvalue weighted by atomic mass is 16.6. The highest BCUT2D eigenvalue weighted by Crippen LogP contribution is 2.25. The average molecular weight is 282 g/mol. The number of hydrogen-bond donors (Lipinski definition) is 2. The van der Waals surface area contributed by atoms with Crippen LogP contribution in [0, 0.1) is 5.92 Å². The molecule has 0 fully saturated rings. The summed E-state index contributed by atoms with van der Waals surface area (Å²) >= 11 is 0. The van der Waals surface area contributed by atoms with Gasteiger partial charge in [-0.2, -0.15) is 0 Å². The normalized spacial score (nSPS) is 19.3. The van der Waals surface area contributed by atoms with Crippen molar-refractivity contribution < 1.29 is 19.7 Å². The van der Waals surface area contributed by atoms with Crippen molar-refractivity contribution in [2.75, 3.05) is 0 Å². The van der Waals surface area contributed by atoms with Crippen molar-refractivity contribution in [3.63, 3.8) is 0 Å². The molecule has 4 nitrogen and oxygen atoms in total. The van der Waals surface area contributed by atoms with Gasteiger partial charge in [-0.25, -0.2) is 0 Å². The van der Waals surface area contributed by atoms with E-state index in [1.54, 1.807) is 12.2 Å². The van der Waals surface area contributed by atoms with E-state index in [1.807, 2.05) is 0 Å². The van der Waals surface area contributed by atoms with E-state index < -0.39 is 18.2 Å². The fraction of sp³-hybridized carbons (Fsp3) is 0.688. The molecule has 0 saturated carbocycles. The average Bonchev–Trinajstić information content (AvgIpc) is 2.43. The number of unbranched alkanes of at least 4 members (excludes halogenated alkanes) is 6. The monoisotopic (exact) mass is 282 g/mol. The van der Waals surface area contributed by atoms with Gasteiger partial charge in [0.15, 0.2) is 0 Å². The van der Waals surface area contributed by atoms with Crippen LogP contribution in [0.15, 0.2) is 24.0 Å². The Labute approximate surface area is 121 Å². The summed E-state index contributed by atoms with van der Waals surface area (Å²) in [5.41, 5.74) is 0.450. The van der Waals surface area contributed by atoms with Crippen molar-refractivity contribution in [1.82, 2.24) is 0 Å². The van der Waals surface area contributed by atoms with Crippen molar-refractivity contribution in [3.05, 3.63) is 24.0 Å². The molecule has 2 N–H and O–H groups in total. The van der Waals surface area contributed by atoms with Gasteiger partial charge in [-0.15, -0.1) is 0 Å². The van der Waals surface area contributed by atoms with Crippen molar-refractivity contribution in [3.8, 4) is 0 Å². The van der Waals surface area contributed by atoms with Gasteiger partial charge in [0.05, 0.1) is 12.2 Å². The molecule has 4 heteroatoms. The molecule has 1 rings (SSSR count). The molecule has 0 aromatic rings. The number of rotatable bonds is 10. The van der Waals surface area contributed by atoms with Crippen molar-refractivity contribution in [1.29, 1.82) is 0 Å². The van der Waals surface area contributed by atoms with E-state index in [9.17, 15) is 15.0 Å². The molecule has 0 radical (unpaired) electrons. The topological polar surface area (TPSA) is 66.8 Å². The number of carbonyl (C=O) groups is 1. The quantitative estimate of drug-likeness (QED) is 0.601. The largest absolute Gasteiger partial charge is 0.481 e. The standard InChI is InChI=1S/C16H26O4/c1-2-3-4-5-6-7-8-10-13(15(17)18)14-11-9-12-20-16(14)19/h9,11-13,16,19H,2-8,10H2,1H3,(H,17,18). The molecule has 20 heavy (non-hydrogen) atoms. The van der Waals surface area contributed by atoms with Crippen LogP contribution >= 0.6 is 0 Å². The molecule has 0 aromatic carbocycles. The van der Waals surface area contributed by atoms with Crippen molar-refractivity contribution in [2.45, 2.75) is 64.6 Å². The van der Waals surface area contributed by atoms with E-state index in [-0.39, 0.29) is 0 Å². The third kappa shape index (κ3) is 5.78. The minimum Gasteiger partial charge on any atom is -0.481 e. The van der Waals surface area contributed by atoms with E-state index in [4.69, 9.17) is 4.74 Å². The molecule has 0 amide bonds. The first-order chi connectivity index (χ1) is 9.66. The SMILES string of the molecule is CCCCCCCCCC(C(=O)O)C1=CC=COC1O. The van der Waals surface area contributed by atoms with Crippen LogP contribution in [0.5, 0.6) is 0 Å². The molecule has 0 aliphatic carbocycles. The second kappa shape index (κ2) is 9.59. The maximum atomic E-state index is 11.3. The van der Waals surface area contributed by atoms with Gasteiger partial charge >= 0.3 is 5.97 Å². The predicted octanol–water partition coefficient (Wildman–Crippen LogP) is 3.62. The minimum atomic E-state index is -1.12. The summed E-state index contributed by atoms with van der Waals surface area (Å²) < 4.78 is 4.94. The lowest BCUT2D eigenvalue weighted by atomic mass is 9.91. The van der Waals surface area contributed by atoms with Crippen LogP contribution in [0.4, 0.5) is 0 Å². The van der Waals surface area contributed by atoms with Gasteiger partial charge in [-0.3, -0.25) is 4.79 Å². The lowest BCUT2D eigenvalue weighted by Crippen LogP contribution is -2.26. The predicted molar refractivity (Wildman–Crippen MR) is 78.1 cm³/mol. The summed E-state index contributed by atoms with van der Waals surface area (Å²) in [5.74, 6) is -1.54. The number of aliphatic hydroxyl groups excluding tert-OH is 1. The number of aliphatic carboxylic acids is 1. The van der Waals surface area contributed by atoms with E-state index in [2.05, 4.69) is 6.92 Å². The molecule has 1 aliphatic rings. The summed E-state index contributed by atoms with van der Waals surface area (Å²) in [6, 6.07) is 0. The molecular formula is C16H26O4. The summed E-state index contributed by atoms with van der Waals surface area (Å²) in [6.07, 6.45) is 12.2. The Morgan fingerprint density at radius 1 is 1.25 bits per heavy atom. The Kier molecular flexibility index (Phi) is 8.04. The van der Waals surface area contributed by atoms with Crippen molar-refractivity contribution >= 4 is 5.97 Å². The maximum Gasteiger partial charge on any atom is 0.310 e. The molecule has 1 heterocycles. The fourth-order valence-corrected chi connectivity index (χ4v) is 2.46. The van der Waals surface area contributed by atoms with Crippen LogP contribution < -0.4 is 0 Å². The van der Waals surface area contributed by atoms with E-state index in [1.165, 1.54) is 31.9 Å². The zero-order valence-corrected chi connectivity index (χ0v) is 12.3. The van der Waals surface area contributed by atoms with Gasteiger partial charge in [0, 0.05) is 5.57 Å². The van der Waals surface area contributed by atoms with Crippen molar-refractivity contribution in [2.24, 2.45) is 5.92 Å². The highest BCUT2D eigenvalue weighted by Gasteiger charge is 2.28. The van der Waals surface area contributed by atoms with Crippen LogP contribution in [0.3, 0.4) is 0 Å². The summed E-state index contributed by atoms with van der Waals surface area (Å²) in [5, 5.41) is 19.0. The molecule has 0 aromatic heterocycles. The van der Waals surface area contributed by atoms with Crippen LogP contribution in [0.2, 0.25) is 0 Å². The first-order valence-electron chi connectivity index (χ1n) is 7.59. The van der Waals surface area contributed by atoms with Gasteiger partial charge in [0.1, 0.15) is 0 Å². The minimum absolute atomic E-state index is 0.450. The highest BCUT2D eigenvalue weighted by molar-refractivity contribution is 5.74. The summed E-state index contributed by atoms with van der Waals surface area (Å²) in [6.45, 7) is 2.19. The van der Waals surface area contributed by atoms with Gasteiger partial charge in [0.2, 0.25) is 6.29 Å². The van der Waals surface area contributed by atoms with Crippen LogP contribution in [0.25, 0.3) is 0 Å². The fourth-order valence-electron chi connectivity index (χ4n) is 2.46. The first kappa shape index (κ1) is 16.8. The number of carboxylic acid groups (broad SMARTS) is 1. The second-order valence-electron chi connectivity index (χ2n) is 5.28. The molecule has 2 atom stereocenters. The van der Waals surface area contributed by atoms with Crippen LogP contribution in [0.1, 0.15) is 58.3 Å². The Morgan fingerprint density at radius 3 is 2.50 bits per heavy atom. The van der Waals surface area contributed by atoms with Crippen LogP contribution in [-0.4, -0.2) is 22.5 Å². The molecule has 0 spiro atoms. The summed E-state index contributed by atoms with van der Waals surface area (Å²) in [4.78, 5) is 11.3. The zero-order valence-electron chi connectivity index (χ0n) is 12.3. The van der Waals surface area contributed by atoms with Gasteiger partial charge in [-0.05, 0) is 12.5 Å².